The SMILES string of the molecule is CN(C)[C@H](CNC(=O)c1ccc(S(=O)(=O)N2CCCC2)cc1)c1cccc(F)c1. The van der Waals surface area contributed by atoms with Crippen LogP contribution in [0, 0.1) is 5.82 Å². The van der Waals surface area contributed by atoms with Gasteiger partial charge < -0.3 is 10.2 Å². The van der Waals surface area contributed by atoms with E-state index in [2.05, 4.69) is 5.32 Å². The molecule has 2 aromatic rings. The van der Waals surface area contributed by atoms with Crippen LogP contribution in [0.15, 0.2) is 53.4 Å². The first-order valence-electron chi connectivity index (χ1n) is 9.59. The van der Waals surface area contributed by atoms with E-state index in [0.29, 0.717) is 25.2 Å². The highest BCUT2D eigenvalue weighted by molar-refractivity contribution is 7.89. The van der Waals surface area contributed by atoms with E-state index in [0.717, 1.165) is 18.4 Å². The zero-order chi connectivity index (χ0) is 21.0. The quantitative estimate of drug-likeness (QED) is 0.749. The topological polar surface area (TPSA) is 69.7 Å². The number of rotatable bonds is 7. The van der Waals surface area contributed by atoms with Gasteiger partial charge >= 0.3 is 0 Å². The number of hydrogen-bond acceptors (Lipinski definition) is 4. The van der Waals surface area contributed by atoms with Gasteiger partial charge in [-0.2, -0.15) is 4.31 Å². The van der Waals surface area contributed by atoms with Crippen LogP contribution in [-0.4, -0.2) is 57.3 Å². The van der Waals surface area contributed by atoms with E-state index in [1.165, 1.54) is 40.7 Å². The van der Waals surface area contributed by atoms with Crippen molar-refractivity contribution in [2.75, 3.05) is 33.7 Å². The molecule has 1 aliphatic rings. The molecule has 1 heterocycles. The van der Waals surface area contributed by atoms with Gasteiger partial charge in [-0.25, -0.2) is 12.8 Å². The van der Waals surface area contributed by atoms with Crippen molar-refractivity contribution in [2.45, 2.75) is 23.8 Å². The predicted octanol–water partition coefficient (Wildman–Crippen LogP) is 2.64. The van der Waals surface area contributed by atoms with E-state index >= 15 is 0 Å². The van der Waals surface area contributed by atoms with Crippen molar-refractivity contribution in [1.82, 2.24) is 14.5 Å². The number of nitrogens with zero attached hydrogens (tertiary/aromatic N) is 2. The van der Waals surface area contributed by atoms with Gasteiger partial charge in [-0.15, -0.1) is 0 Å². The molecule has 0 bridgehead atoms. The van der Waals surface area contributed by atoms with Crippen LogP contribution >= 0.6 is 0 Å². The van der Waals surface area contributed by atoms with Gasteiger partial charge in [0, 0.05) is 25.2 Å². The Morgan fingerprint density at radius 1 is 1.14 bits per heavy atom. The minimum absolute atomic E-state index is 0.190. The summed E-state index contributed by atoms with van der Waals surface area (Å²) in [5, 5.41) is 2.85. The van der Waals surface area contributed by atoms with E-state index in [-0.39, 0.29) is 22.7 Å². The lowest BCUT2D eigenvalue weighted by Gasteiger charge is -2.25. The number of carbonyl (C=O) groups excluding carboxylic acids is 1. The third-order valence-electron chi connectivity index (χ3n) is 5.13. The fourth-order valence-electron chi connectivity index (χ4n) is 3.46. The van der Waals surface area contributed by atoms with E-state index in [1.54, 1.807) is 6.07 Å². The highest BCUT2D eigenvalue weighted by Gasteiger charge is 2.27. The Morgan fingerprint density at radius 3 is 2.38 bits per heavy atom. The number of likely N-dealkylation sites (N-methyl/N-ethyl adjacent to an activating group) is 1. The van der Waals surface area contributed by atoms with Gasteiger partial charge in [-0.05, 0) is 68.9 Å². The summed E-state index contributed by atoms with van der Waals surface area (Å²) in [7, 11) is 0.223. The van der Waals surface area contributed by atoms with Crippen LogP contribution in [0.4, 0.5) is 4.39 Å². The molecular weight excluding hydrogens is 393 g/mol. The zero-order valence-corrected chi connectivity index (χ0v) is 17.5. The molecule has 0 spiro atoms. The van der Waals surface area contributed by atoms with Crippen molar-refractivity contribution in [1.29, 1.82) is 0 Å². The third-order valence-corrected chi connectivity index (χ3v) is 7.04. The van der Waals surface area contributed by atoms with Crippen LogP contribution in [0.25, 0.3) is 0 Å². The van der Waals surface area contributed by atoms with Crippen LogP contribution in [0.1, 0.15) is 34.8 Å². The van der Waals surface area contributed by atoms with Crippen molar-refractivity contribution >= 4 is 15.9 Å². The second kappa shape index (κ2) is 9.02. The number of nitrogens with one attached hydrogen (secondary N) is 1. The molecule has 3 rings (SSSR count). The van der Waals surface area contributed by atoms with Crippen LogP contribution in [0.5, 0.6) is 0 Å². The second-order valence-corrected chi connectivity index (χ2v) is 9.32. The lowest BCUT2D eigenvalue weighted by atomic mass is 10.1. The molecular formula is C21H26FN3O3S. The number of hydrogen-bond donors (Lipinski definition) is 1. The molecule has 2 aromatic carbocycles. The summed E-state index contributed by atoms with van der Waals surface area (Å²) in [6.45, 7) is 1.37. The average molecular weight is 420 g/mol. The predicted molar refractivity (Wildman–Crippen MR) is 110 cm³/mol. The van der Waals surface area contributed by atoms with Gasteiger partial charge in [0.05, 0.1) is 10.9 Å². The molecule has 29 heavy (non-hydrogen) atoms. The molecule has 0 saturated carbocycles. The highest BCUT2D eigenvalue weighted by Crippen LogP contribution is 2.21. The summed E-state index contributed by atoms with van der Waals surface area (Å²) >= 11 is 0. The summed E-state index contributed by atoms with van der Waals surface area (Å²) in [6, 6.07) is 12.1. The number of halogens is 1. The zero-order valence-electron chi connectivity index (χ0n) is 16.6. The summed E-state index contributed by atoms with van der Waals surface area (Å²) in [5.41, 5.74) is 1.14. The molecule has 6 nitrogen and oxygen atoms in total. The van der Waals surface area contributed by atoms with E-state index in [1.807, 2.05) is 25.1 Å². The lowest BCUT2D eigenvalue weighted by molar-refractivity contribution is 0.0942. The van der Waals surface area contributed by atoms with Crippen LogP contribution < -0.4 is 5.32 Å². The summed E-state index contributed by atoms with van der Waals surface area (Å²) in [4.78, 5) is 14.6. The Hall–Kier alpha value is -2.29. The molecule has 0 radical (unpaired) electrons. The first kappa shape index (κ1) is 21.4. The van der Waals surface area contributed by atoms with Crippen molar-refractivity contribution in [3.63, 3.8) is 0 Å². The maximum absolute atomic E-state index is 13.5. The molecule has 156 valence electrons. The maximum atomic E-state index is 13.5. The molecule has 8 heteroatoms. The Morgan fingerprint density at radius 2 is 1.79 bits per heavy atom. The van der Waals surface area contributed by atoms with Gasteiger partial charge in [-0.1, -0.05) is 12.1 Å². The standard InChI is InChI=1S/C21H26FN3O3S/c1-24(2)20(17-6-5-7-18(22)14-17)15-23-21(26)16-8-10-19(11-9-16)29(27,28)25-12-3-4-13-25/h5-11,14,20H,3-4,12-13,15H2,1-2H3,(H,23,26)/t20-/m1/s1. The molecule has 0 unspecified atom stereocenters. The van der Waals surface area contributed by atoms with Crippen LogP contribution in [0.3, 0.4) is 0 Å². The maximum Gasteiger partial charge on any atom is 0.251 e. The van der Waals surface area contributed by atoms with Gasteiger partial charge in [0.25, 0.3) is 5.91 Å². The van der Waals surface area contributed by atoms with Gasteiger partial charge in [0.1, 0.15) is 5.82 Å². The molecule has 0 aliphatic carbocycles. The monoisotopic (exact) mass is 419 g/mol. The summed E-state index contributed by atoms with van der Waals surface area (Å²) in [6.07, 6.45) is 1.75. The Bertz CT molecular complexity index is 955. The highest BCUT2D eigenvalue weighted by atomic mass is 32.2. The number of carbonyl (C=O) groups is 1. The Balaban J connectivity index is 1.67. The fraction of sp³-hybridized carbons (Fsp3) is 0.381. The van der Waals surface area contributed by atoms with E-state index in [4.69, 9.17) is 0 Å². The average Bonchev–Trinajstić information content (AvgIpc) is 3.24. The lowest BCUT2D eigenvalue weighted by Crippen LogP contribution is -2.34. The fourth-order valence-corrected chi connectivity index (χ4v) is 4.98. The number of benzene rings is 2. The van der Waals surface area contributed by atoms with Crippen molar-refractivity contribution in [2.24, 2.45) is 0 Å². The summed E-state index contributed by atoms with van der Waals surface area (Å²) < 4.78 is 40.2. The smallest absolute Gasteiger partial charge is 0.251 e. The van der Waals surface area contributed by atoms with Crippen molar-refractivity contribution in [3.05, 3.63) is 65.5 Å². The van der Waals surface area contributed by atoms with Gasteiger partial charge in [0.2, 0.25) is 10.0 Å². The Labute approximate surface area is 171 Å². The minimum Gasteiger partial charge on any atom is -0.350 e. The van der Waals surface area contributed by atoms with E-state index < -0.39 is 10.0 Å². The molecule has 1 aliphatic heterocycles. The van der Waals surface area contributed by atoms with Crippen molar-refractivity contribution in [3.8, 4) is 0 Å². The summed E-state index contributed by atoms with van der Waals surface area (Å²) in [5.74, 6) is -0.631. The van der Waals surface area contributed by atoms with Gasteiger partial charge in [0.15, 0.2) is 0 Å². The Kier molecular flexibility index (Phi) is 6.66. The van der Waals surface area contributed by atoms with Crippen LogP contribution in [-0.2, 0) is 10.0 Å². The molecule has 1 amide bonds. The first-order valence-corrected chi connectivity index (χ1v) is 11.0. The largest absolute Gasteiger partial charge is 0.350 e. The minimum atomic E-state index is -3.50. The molecule has 1 N–H and O–H groups in total. The van der Waals surface area contributed by atoms with Crippen LogP contribution in [0.2, 0.25) is 0 Å². The van der Waals surface area contributed by atoms with E-state index in [9.17, 15) is 17.6 Å². The van der Waals surface area contributed by atoms with Gasteiger partial charge in [-0.3, -0.25) is 4.79 Å². The number of sulfonamides is 1. The molecule has 1 atom stereocenters. The second-order valence-electron chi connectivity index (χ2n) is 7.38. The molecule has 1 fully saturated rings. The molecule has 0 aromatic heterocycles. The number of amides is 1. The first-order chi connectivity index (χ1) is 13.8. The van der Waals surface area contributed by atoms with Crippen molar-refractivity contribution < 1.29 is 17.6 Å². The normalized spacial score (nSPS) is 16.1. The molecule has 1 saturated heterocycles. The third kappa shape index (κ3) is 5.01.